The highest BCUT2D eigenvalue weighted by molar-refractivity contribution is 6.04. The lowest BCUT2D eigenvalue weighted by atomic mass is 10.1. The van der Waals surface area contributed by atoms with Crippen molar-refractivity contribution in [3.63, 3.8) is 0 Å². The Morgan fingerprint density at radius 1 is 0.769 bits per heavy atom. The fourth-order valence-electron chi connectivity index (χ4n) is 2.54. The molecule has 4 heteroatoms. The van der Waals surface area contributed by atoms with Gasteiger partial charge in [-0.15, -0.1) is 0 Å². The van der Waals surface area contributed by atoms with E-state index in [9.17, 15) is 4.79 Å². The first kappa shape index (κ1) is 17.5. The van der Waals surface area contributed by atoms with Crippen LogP contribution in [0, 0.1) is 20.8 Å². The summed E-state index contributed by atoms with van der Waals surface area (Å²) in [5, 5.41) is 11.6. The standard InChI is InChI=1S/C22H21N3O/c1-15-8-10-18(11-9-15)22(26)23-19-12-13-21(17(3)14-19)25-24-20-7-5-4-6-16(20)2/h4-14H,1-3H3,(H,23,26). The van der Waals surface area contributed by atoms with Crippen LogP contribution in [0.2, 0.25) is 0 Å². The normalized spacial score (nSPS) is 10.9. The highest BCUT2D eigenvalue weighted by atomic mass is 16.1. The van der Waals surface area contributed by atoms with Crippen LogP contribution in [0.3, 0.4) is 0 Å². The summed E-state index contributed by atoms with van der Waals surface area (Å²) in [7, 11) is 0. The van der Waals surface area contributed by atoms with Crippen molar-refractivity contribution < 1.29 is 4.79 Å². The van der Waals surface area contributed by atoms with Crippen molar-refractivity contribution >= 4 is 23.0 Å². The van der Waals surface area contributed by atoms with Gasteiger partial charge in [0.2, 0.25) is 0 Å². The van der Waals surface area contributed by atoms with Gasteiger partial charge in [-0.05, 0) is 68.3 Å². The maximum absolute atomic E-state index is 12.3. The average Bonchev–Trinajstić information content (AvgIpc) is 2.63. The van der Waals surface area contributed by atoms with E-state index in [-0.39, 0.29) is 5.91 Å². The summed E-state index contributed by atoms with van der Waals surface area (Å²) in [6.45, 7) is 5.95. The van der Waals surface area contributed by atoms with E-state index in [0.29, 0.717) is 5.56 Å². The number of hydrogen-bond acceptors (Lipinski definition) is 3. The number of carbonyl (C=O) groups is 1. The van der Waals surface area contributed by atoms with Crippen LogP contribution in [0.15, 0.2) is 77.0 Å². The molecule has 0 aliphatic rings. The number of carbonyl (C=O) groups excluding carboxylic acids is 1. The summed E-state index contributed by atoms with van der Waals surface area (Å²) in [5.41, 5.74) is 6.16. The molecule has 0 spiro atoms. The van der Waals surface area contributed by atoms with Crippen LogP contribution in [-0.4, -0.2) is 5.91 Å². The van der Waals surface area contributed by atoms with Gasteiger partial charge in [0.15, 0.2) is 0 Å². The molecule has 0 atom stereocenters. The average molecular weight is 343 g/mol. The first-order valence-corrected chi connectivity index (χ1v) is 8.49. The third-order valence-corrected chi connectivity index (χ3v) is 4.15. The monoisotopic (exact) mass is 343 g/mol. The molecule has 0 fully saturated rings. The van der Waals surface area contributed by atoms with Crippen molar-refractivity contribution in [2.75, 3.05) is 5.32 Å². The number of nitrogens with zero attached hydrogens (tertiary/aromatic N) is 2. The second kappa shape index (κ2) is 7.74. The number of benzene rings is 3. The van der Waals surface area contributed by atoms with Crippen molar-refractivity contribution in [2.45, 2.75) is 20.8 Å². The molecule has 4 nitrogen and oxygen atoms in total. The van der Waals surface area contributed by atoms with Gasteiger partial charge in [-0.1, -0.05) is 35.9 Å². The Bertz CT molecular complexity index is 959. The molecule has 1 amide bonds. The fraction of sp³-hybridized carbons (Fsp3) is 0.136. The SMILES string of the molecule is Cc1ccc(C(=O)Nc2ccc(N=Nc3ccccc3C)c(C)c2)cc1. The van der Waals surface area contributed by atoms with Gasteiger partial charge in [-0.25, -0.2) is 0 Å². The number of aryl methyl sites for hydroxylation is 3. The number of hydrogen-bond donors (Lipinski definition) is 1. The van der Waals surface area contributed by atoms with Crippen LogP contribution in [-0.2, 0) is 0 Å². The lowest BCUT2D eigenvalue weighted by Crippen LogP contribution is -2.11. The van der Waals surface area contributed by atoms with E-state index in [0.717, 1.165) is 33.8 Å². The van der Waals surface area contributed by atoms with Gasteiger partial charge in [-0.2, -0.15) is 10.2 Å². The number of amides is 1. The molecule has 3 aromatic carbocycles. The molecular weight excluding hydrogens is 322 g/mol. The Balaban J connectivity index is 1.74. The van der Waals surface area contributed by atoms with E-state index in [2.05, 4.69) is 15.5 Å². The smallest absolute Gasteiger partial charge is 0.255 e. The van der Waals surface area contributed by atoms with Crippen LogP contribution in [0.25, 0.3) is 0 Å². The lowest BCUT2D eigenvalue weighted by Gasteiger charge is -2.08. The second-order valence-electron chi connectivity index (χ2n) is 6.31. The molecule has 130 valence electrons. The maximum atomic E-state index is 12.3. The Hall–Kier alpha value is -3.27. The molecule has 3 rings (SSSR count). The summed E-state index contributed by atoms with van der Waals surface area (Å²) in [6.07, 6.45) is 0. The van der Waals surface area contributed by atoms with Crippen molar-refractivity contribution in [3.05, 3.63) is 89.0 Å². The second-order valence-corrected chi connectivity index (χ2v) is 6.31. The number of rotatable bonds is 4. The Morgan fingerprint density at radius 3 is 2.08 bits per heavy atom. The van der Waals surface area contributed by atoms with Gasteiger partial charge in [0.1, 0.15) is 0 Å². The summed E-state index contributed by atoms with van der Waals surface area (Å²) >= 11 is 0. The van der Waals surface area contributed by atoms with Gasteiger partial charge in [0.05, 0.1) is 11.4 Å². The van der Waals surface area contributed by atoms with Crippen molar-refractivity contribution in [1.82, 2.24) is 0 Å². The quantitative estimate of drug-likeness (QED) is 0.557. The zero-order valence-corrected chi connectivity index (χ0v) is 15.2. The summed E-state index contributed by atoms with van der Waals surface area (Å²) in [6, 6.07) is 21.0. The summed E-state index contributed by atoms with van der Waals surface area (Å²) < 4.78 is 0. The third kappa shape index (κ3) is 4.22. The molecule has 0 heterocycles. The van der Waals surface area contributed by atoms with Crippen molar-refractivity contribution in [3.8, 4) is 0 Å². The maximum Gasteiger partial charge on any atom is 0.255 e. The van der Waals surface area contributed by atoms with Crippen LogP contribution >= 0.6 is 0 Å². The summed E-state index contributed by atoms with van der Waals surface area (Å²) in [4.78, 5) is 12.3. The van der Waals surface area contributed by atoms with E-state index in [4.69, 9.17) is 0 Å². The molecule has 0 saturated heterocycles. The van der Waals surface area contributed by atoms with Crippen LogP contribution in [0.5, 0.6) is 0 Å². The number of anilines is 1. The van der Waals surface area contributed by atoms with Crippen LogP contribution in [0.1, 0.15) is 27.0 Å². The topological polar surface area (TPSA) is 53.8 Å². The van der Waals surface area contributed by atoms with Gasteiger partial charge >= 0.3 is 0 Å². The molecular formula is C22H21N3O. The van der Waals surface area contributed by atoms with Gasteiger partial charge < -0.3 is 5.32 Å². The third-order valence-electron chi connectivity index (χ3n) is 4.15. The first-order valence-electron chi connectivity index (χ1n) is 8.49. The minimum Gasteiger partial charge on any atom is -0.322 e. The van der Waals surface area contributed by atoms with Gasteiger partial charge in [0, 0.05) is 11.3 Å². The summed E-state index contributed by atoms with van der Waals surface area (Å²) in [5.74, 6) is -0.126. The fourth-order valence-corrected chi connectivity index (χ4v) is 2.54. The van der Waals surface area contributed by atoms with E-state index < -0.39 is 0 Å². The molecule has 0 saturated carbocycles. The predicted molar refractivity (Wildman–Crippen MR) is 106 cm³/mol. The Kier molecular flexibility index (Phi) is 5.23. The minimum atomic E-state index is -0.126. The minimum absolute atomic E-state index is 0.126. The van der Waals surface area contributed by atoms with Gasteiger partial charge in [-0.3, -0.25) is 4.79 Å². The molecule has 0 aromatic heterocycles. The van der Waals surface area contributed by atoms with E-state index in [1.165, 1.54) is 0 Å². The Morgan fingerprint density at radius 2 is 1.42 bits per heavy atom. The molecule has 26 heavy (non-hydrogen) atoms. The van der Waals surface area contributed by atoms with E-state index in [1.54, 1.807) is 0 Å². The molecule has 1 N–H and O–H groups in total. The van der Waals surface area contributed by atoms with E-state index in [1.807, 2.05) is 87.5 Å². The van der Waals surface area contributed by atoms with Crippen molar-refractivity contribution in [2.24, 2.45) is 10.2 Å². The lowest BCUT2D eigenvalue weighted by molar-refractivity contribution is 0.102. The van der Waals surface area contributed by atoms with Crippen LogP contribution in [0.4, 0.5) is 17.1 Å². The zero-order valence-electron chi connectivity index (χ0n) is 15.2. The largest absolute Gasteiger partial charge is 0.322 e. The van der Waals surface area contributed by atoms with Gasteiger partial charge in [0.25, 0.3) is 5.91 Å². The highest BCUT2D eigenvalue weighted by Gasteiger charge is 2.07. The molecule has 0 aliphatic carbocycles. The van der Waals surface area contributed by atoms with Crippen molar-refractivity contribution in [1.29, 1.82) is 0 Å². The molecule has 0 unspecified atom stereocenters. The number of azo groups is 1. The Labute approximate surface area is 153 Å². The van der Waals surface area contributed by atoms with E-state index >= 15 is 0 Å². The highest BCUT2D eigenvalue weighted by Crippen LogP contribution is 2.26. The molecule has 0 aliphatic heterocycles. The molecule has 0 bridgehead atoms. The molecule has 3 aromatic rings. The number of nitrogens with one attached hydrogen (secondary N) is 1. The first-order chi connectivity index (χ1) is 12.5. The van der Waals surface area contributed by atoms with Crippen LogP contribution < -0.4 is 5.32 Å². The molecule has 0 radical (unpaired) electrons. The predicted octanol–water partition coefficient (Wildman–Crippen LogP) is 6.28. The zero-order chi connectivity index (χ0) is 18.5.